The van der Waals surface area contributed by atoms with E-state index >= 15 is 0 Å². The van der Waals surface area contributed by atoms with Crippen LogP contribution in [0.2, 0.25) is 0 Å². The number of rotatable bonds is 7. The van der Waals surface area contributed by atoms with Crippen LogP contribution in [0.3, 0.4) is 0 Å². The summed E-state index contributed by atoms with van der Waals surface area (Å²) in [6.07, 6.45) is 1.05. The molecule has 5 aromatic rings. The summed E-state index contributed by atoms with van der Waals surface area (Å²) in [7, 11) is 0. The lowest BCUT2D eigenvalue weighted by Gasteiger charge is -2.07. The molecule has 36 heavy (non-hydrogen) atoms. The van der Waals surface area contributed by atoms with Crippen LogP contribution in [0.5, 0.6) is 0 Å². The van der Waals surface area contributed by atoms with Crippen LogP contribution >= 0.6 is 0 Å². The van der Waals surface area contributed by atoms with Gasteiger partial charge in [0.05, 0.1) is 4.92 Å². The Morgan fingerprint density at radius 2 is 1.81 bits per heavy atom. The van der Waals surface area contributed by atoms with Crippen molar-refractivity contribution in [2.75, 3.05) is 5.32 Å². The van der Waals surface area contributed by atoms with Crippen molar-refractivity contribution in [3.63, 3.8) is 0 Å². The molecular weight excluding hydrogens is 458 g/mol. The third-order valence-electron chi connectivity index (χ3n) is 6.15. The molecule has 1 amide bonds. The highest BCUT2D eigenvalue weighted by molar-refractivity contribution is 6.02. The van der Waals surface area contributed by atoms with E-state index in [0.717, 1.165) is 23.1 Å². The van der Waals surface area contributed by atoms with Crippen LogP contribution in [-0.2, 0) is 0 Å². The zero-order valence-electron chi connectivity index (χ0n) is 19.7. The molecule has 180 valence electrons. The van der Waals surface area contributed by atoms with Crippen LogP contribution in [0, 0.1) is 10.1 Å². The first-order chi connectivity index (χ1) is 17.4. The van der Waals surface area contributed by atoms with E-state index in [1.807, 2.05) is 18.2 Å². The molecule has 2 heterocycles. The van der Waals surface area contributed by atoms with Gasteiger partial charge < -0.3 is 14.2 Å². The Hall–Kier alpha value is -4.72. The van der Waals surface area contributed by atoms with Gasteiger partial charge in [0.1, 0.15) is 11.3 Å². The smallest absolute Gasteiger partial charge is 0.291 e. The predicted molar refractivity (Wildman–Crippen MR) is 137 cm³/mol. The standard InChI is InChI=1S/C28H23N3O5/c1-3-17(2)19-9-12-25-23(16-19)30-28(36-25)18-7-10-21(11-8-18)29-27(32)26-14-13-24(35-26)20-5-4-6-22(15-20)31(33)34/h4-17H,3H2,1-2H3,(H,29,32)/t17-/m0/s1. The maximum atomic E-state index is 12.7. The lowest BCUT2D eigenvalue weighted by atomic mass is 9.98. The third-order valence-corrected chi connectivity index (χ3v) is 6.15. The number of hydrogen-bond donors (Lipinski definition) is 1. The maximum absolute atomic E-state index is 12.7. The summed E-state index contributed by atoms with van der Waals surface area (Å²) in [5, 5.41) is 13.8. The Balaban J connectivity index is 1.30. The fourth-order valence-electron chi connectivity index (χ4n) is 3.89. The fraction of sp³-hybridized carbons (Fsp3) is 0.143. The molecule has 1 atom stereocenters. The molecule has 0 aliphatic heterocycles. The molecule has 0 bridgehead atoms. The molecule has 1 N–H and O–H groups in total. The monoisotopic (exact) mass is 481 g/mol. The number of carbonyl (C=O) groups is 1. The van der Waals surface area contributed by atoms with Crippen molar-refractivity contribution in [1.82, 2.24) is 4.98 Å². The number of furan rings is 1. The van der Waals surface area contributed by atoms with Crippen molar-refractivity contribution in [1.29, 1.82) is 0 Å². The minimum Gasteiger partial charge on any atom is -0.451 e. The van der Waals surface area contributed by atoms with Crippen molar-refractivity contribution in [3.05, 3.63) is 100 Å². The first-order valence-corrected chi connectivity index (χ1v) is 11.6. The topological polar surface area (TPSA) is 111 Å². The van der Waals surface area contributed by atoms with Gasteiger partial charge in [-0.25, -0.2) is 4.98 Å². The Bertz CT molecular complexity index is 1570. The average molecular weight is 482 g/mol. The quantitative estimate of drug-likeness (QED) is 0.191. The number of benzene rings is 3. The van der Waals surface area contributed by atoms with Crippen molar-refractivity contribution in [2.45, 2.75) is 26.2 Å². The molecule has 8 nitrogen and oxygen atoms in total. The van der Waals surface area contributed by atoms with Gasteiger partial charge in [-0.05, 0) is 66.4 Å². The first-order valence-electron chi connectivity index (χ1n) is 11.6. The van der Waals surface area contributed by atoms with Crippen molar-refractivity contribution < 1.29 is 18.6 Å². The Labute approximate surface area is 206 Å². The van der Waals surface area contributed by atoms with Crippen molar-refractivity contribution in [3.8, 4) is 22.8 Å². The molecule has 5 rings (SSSR count). The summed E-state index contributed by atoms with van der Waals surface area (Å²) in [6, 6.07) is 22.5. The Kier molecular flexibility index (Phi) is 6.08. The van der Waals surface area contributed by atoms with Gasteiger partial charge in [0, 0.05) is 28.9 Å². The number of anilines is 1. The molecule has 0 fully saturated rings. The summed E-state index contributed by atoms with van der Waals surface area (Å²) in [6.45, 7) is 4.35. The highest BCUT2D eigenvalue weighted by atomic mass is 16.6. The summed E-state index contributed by atoms with van der Waals surface area (Å²) < 4.78 is 11.6. The lowest BCUT2D eigenvalue weighted by Crippen LogP contribution is -2.10. The second kappa shape index (κ2) is 9.50. The molecule has 0 saturated carbocycles. The zero-order valence-corrected chi connectivity index (χ0v) is 19.7. The molecule has 0 unspecified atom stereocenters. The summed E-state index contributed by atoms with van der Waals surface area (Å²) in [5.41, 5.74) is 4.61. The number of fused-ring (bicyclic) bond motifs is 1. The minimum atomic E-state index is -0.477. The number of carbonyl (C=O) groups excluding carboxylic acids is 1. The number of nitrogens with one attached hydrogen (secondary N) is 1. The van der Waals surface area contributed by atoms with Gasteiger partial charge >= 0.3 is 0 Å². The normalized spacial score (nSPS) is 11.9. The molecule has 0 radical (unpaired) electrons. The average Bonchev–Trinajstić information content (AvgIpc) is 3.56. The van der Waals surface area contributed by atoms with Crippen LogP contribution in [0.1, 0.15) is 42.3 Å². The number of nitro benzene ring substituents is 1. The number of amides is 1. The van der Waals surface area contributed by atoms with E-state index in [1.54, 1.807) is 30.3 Å². The molecule has 2 aromatic heterocycles. The van der Waals surface area contributed by atoms with Crippen LogP contribution in [-0.4, -0.2) is 15.8 Å². The van der Waals surface area contributed by atoms with Gasteiger partial charge in [-0.2, -0.15) is 0 Å². The molecule has 8 heteroatoms. The van der Waals surface area contributed by atoms with Crippen molar-refractivity contribution in [2.24, 2.45) is 0 Å². The van der Waals surface area contributed by atoms with E-state index in [2.05, 4.69) is 36.3 Å². The summed E-state index contributed by atoms with van der Waals surface area (Å²) in [5.74, 6) is 0.993. The van der Waals surface area contributed by atoms with Crippen LogP contribution in [0.4, 0.5) is 11.4 Å². The van der Waals surface area contributed by atoms with Crippen LogP contribution < -0.4 is 5.32 Å². The SMILES string of the molecule is CC[C@H](C)c1ccc2oc(-c3ccc(NC(=O)c4ccc(-c5cccc([N+](=O)[O-])c5)o4)cc3)nc2c1. The number of nitro groups is 1. The minimum absolute atomic E-state index is 0.0510. The third kappa shape index (κ3) is 4.61. The molecule has 0 aliphatic carbocycles. The second-order valence-electron chi connectivity index (χ2n) is 8.56. The molecule has 0 saturated heterocycles. The van der Waals surface area contributed by atoms with E-state index in [4.69, 9.17) is 8.83 Å². The van der Waals surface area contributed by atoms with Gasteiger partial charge in [0.25, 0.3) is 11.6 Å². The second-order valence-corrected chi connectivity index (χ2v) is 8.56. The molecular formula is C28H23N3O5. The van der Waals surface area contributed by atoms with Crippen molar-refractivity contribution >= 4 is 28.4 Å². The highest BCUT2D eigenvalue weighted by Gasteiger charge is 2.15. The Morgan fingerprint density at radius 3 is 2.56 bits per heavy atom. The van der Waals surface area contributed by atoms with E-state index in [9.17, 15) is 14.9 Å². The van der Waals surface area contributed by atoms with E-state index < -0.39 is 10.8 Å². The van der Waals surface area contributed by atoms with Crippen LogP contribution in [0.25, 0.3) is 33.9 Å². The summed E-state index contributed by atoms with van der Waals surface area (Å²) in [4.78, 5) is 27.8. The number of aromatic nitrogens is 1. The zero-order chi connectivity index (χ0) is 25.2. The number of nitrogens with zero attached hydrogens (tertiary/aromatic N) is 2. The summed E-state index contributed by atoms with van der Waals surface area (Å²) >= 11 is 0. The predicted octanol–water partition coefficient (Wildman–Crippen LogP) is 7.43. The molecule has 0 aliphatic rings. The van der Waals surface area contributed by atoms with E-state index in [-0.39, 0.29) is 11.4 Å². The lowest BCUT2D eigenvalue weighted by molar-refractivity contribution is -0.384. The number of hydrogen-bond acceptors (Lipinski definition) is 6. The largest absolute Gasteiger partial charge is 0.451 e. The van der Waals surface area contributed by atoms with Gasteiger partial charge in [-0.15, -0.1) is 0 Å². The molecule has 3 aromatic carbocycles. The first kappa shape index (κ1) is 23.0. The Morgan fingerprint density at radius 1 is 1.00 bits per heavy atom. The van der Waals surface area contributed by atoms with Gasteiger partial charge in [0.2, 0.25) is 5.89 Å². The fourth-order valence-corrected chi connectivity index (χ4v) is 3.89. The van der Waals surface area contributed by atoms with Crippen LogP contribution in [0.15, 0.2) is 87.7 Å². The number of oxazole rings is 1. The highest BCUT2D eigenvalue weighted by Crippen LogP contribution is 2.29. The van der Waals surface area contributed by atoms with Gasteiger partial charge in [0.15, 0.2) is 11.3 Å². The van der Waals surface area contributed by atoms with Gasteiger partial charge in [-0.3, -0.25) is 14.9 Å². The van der Waals surface area contributed by atoms with E-state index in [0.29, 0.717) is 28.8 Å². The van der Waals surface area contributed by atoms with Gasteiger partial charge in [-0.1, -0.05) is 32.0 Å². The van der Waals surface area contributed by atoms with E-state index in [1.165, 1.54) is 23.8 Å². The molecule has 0 spiro atoms. The maximum Gasteiger partial charge on any atom is 0.291 e. The number of non-ortho nitro benzene ring substituents is 1.